The summed E-state index contributed by atoms with van der Waals surface area (Å²) in [6.45, 7) is 3.33. The van der Waals surface area contributed by atoms with Gasteiger partial charge in [-0.1, -0.05) is 36.8 Å². The molecule has 2 aliphatic rings. The average Bonchev–Trinajstić information content (AvgIpc) is 2.99. The molecule has 0 amide bonds. The fourth-order valence-corrected chi connectivity index (χ4v) is 3.79. The van der Waals surface area contributed by atoms with Crippen molar-refractivity contribution in [2.45, 2.75) is 32.2 Å². The Bertz CT molecular complexity index is 448. The van der Waals surface area contributed by atoms with Gasteiger partial charge in [0.05, 0.1) is 12.0 Å². The van der Waals surface area contributed by atoms with E-state index >= 15 is 0 Å². The van der Waals surface area contributed by atoms with Crippen molar-refractivity contribution in [1.82, 2.24) is 4.90 Å². The molecule has 0 radical (unpaired) electrons. The molecule has 1 aliphatic carbocycles. The lowest BCUT2D eigenvalue weighted by Crippen LogP contribution is -2.29. The van der Waals surface area contributed by atoms with Gasteiger partial charge >= 0.3 is 0 Å². The van der Waals surface area contributed by atoms with E-state index < -0.39 is 0 Å². The Balaban J connectivity index is 1.67. The topological polar surface area (TPSA) is 27.0 Å². The minimum absolute atomic E-state index is 0.304. The second-order valence-corrected chi connectivity index (χ2v) is 5.88. The zero-order valence-corrected chi connectivity index (χ0v) is 10.8. The van der Waals surface area contributed by atoms with E-state index in [1.807, 2.05) is 0 Å². The highest BCUT2D eigenvalue weighted by atomic mass is 15.2. The van der Waals surface area contributed by atoms with Gasteiger partial charge in [0, 0.05) is 18.5 Å². The summed E-state index contributed by atoms with van der Waals surface area (Å²) in [4.78, 5) is 2.53. The molecule has 1 spiro atoms. The number of likely N-dealkylation sites (tertiary alicyclic amines) is 1. The normalized spacial score (nSPS) is 31.8. The molecule has 2 nitrogen and oxygen atoms in total. The SMILES string of the molecule is N#CC1CCCC12CCN(Cc1ccccc1)C2. The van der Waals surface area contributed by atoms with Crippen LogP contribution in [0.25, 0.3) is 0 Å². The fourth-order valence-electron chi connectivity index (χ4n) is 3.79. The van der Waals surface area contributed by atoms with Crippen LogP contribution in [0.4, 0.5) is 0 Å². The monoisotopic (exact) mass is 240 g/mol. The number of hydrogen-bond donors (Lipinski definition) is 0. The molecule has 1 saturated carbocycles. The first-order valence-corrected chi connectivity index (χ1v) is 6.98. The van der Waals surface area contributed by atoms with Crippen LogP contribution in [0.5, 0.6) is 0 Å². The summed E-state index contributed by atoms with van der Waals surface area (Å²) in [5, 5.41) is 9.30. The number of hydrogen-bond acceptors (Lipinski definition) is 2. The van der Waals surface area contributed by atoms with Crippen molar-refractivity contribution in [3.8, 4) is 6.07 Å². The lowest BCUT2D eigenvalue weighted by atomic mass is 9.78. The Hall–Kier alpha value is -1.33. The highest BCUT2D eigenvalue weighted by Gasteiger charge is 2.47. The van der Waals surface area contributed by atoms with Gasteiger partial charge in [0.15, 0.2) is 0 Å². The molecule has 1 aromatic rings. The van der Waals surface area contributed by atoms with E-state index in [-0.39, 0.29) is 0 Å². The van der Waals surface area contributed by atoms with Crippen LogP contribution in [0.3, 0.4) is 0 Å². The molecule has 2 heteroatoms. The Morgan fingerprint density at radius 3 is 2.89 bits per heavy atom. The molecule has 2 unspecified atom stereocenters. The van der Waals surface area contributed by atoms with Crippen molar-refractivity contribution in [1.29, 1.82) is 5.26 Å². The summed E-state index contributed by atoms with van der Waals surface area (Å²) in [5.74, 6) is 0.304. The van der Waals surface area contributed by atoms with Crippen LogP contribution in [-0.2, 0) is 6.54 Å². The lowest BCUT2D eigenvalue weighted by Gasteiger charge is -2.27. The van der Waals surface area contributed by atoms with E-state index in [2.05, 4.69) is 41.3 Å². The highest BCUT2D eigenvalue weighted by Crippen LogP contribution is 2.49. The summed E-state index contributed by atoms with van der Waals surface area (Å²) in [5.41, 5.74) is 1.71. The van der Waals surface area contributed by atoms with E-state index in [0.29, 0.717) is 11.3 Å². The molecule has 2 atom stereocenters. The van der Waals surface area contributed by atoms with E-state index in [1.165, 1.54) is 24.8 Å². The van der Waals surface area contributed by atoms with Crippen molar-refractivity contribution in [2.24, 2.45) is 11.3 Å². The summed E-state index contributed by atoms with van der Waals surface area (Å²) in [7, 11) is 0. The van der Waals surface area contributed by atoms with Crippen molar-refractivity contribution < 1.29 is 0 Å². The summed E-state index contributed by atoms with van der Waals surface area (Å²) in [6.07, 6.45) is 4.85. The molecule has 1 aliphatic heterocycles. The zero-order chi connectivity index (χ0) is 12.4. The van der Waals surface area contributed by atoms with Crippen LogP contribution >= 0.6 is 0 Å². The summed E-state index contributed by atoms with van der Waals surface area (Å²) >= 11 is 0. The fraction of sp³-hybridized carbons (Fsp3) is 0.562. The molecule has 0 bridgehead atoms. The number of nitrogens with zero attached hydrogens (tertiary/aromatic N) is 2. The molecule has 1 heterocycles. The Labute approximate surface area is 109 Å². The van der Waals surface area contributed by atoms with Crippen LogP contribution in [-0.4, -0.2) is 18.0 Å². The molecule has 1 saturated heterocycles. The van der Waals surface area contributed by atoms with Gasteiger partial charge in [-0.25, -0.2) is 0 Å². The molecule has 94 valence electrons. The maximum Gasteiger partial charge on any atom is 0.0662 e. The highest BCUT2D eigenvalue weighted by molar-refractivity contribution is 5.15. The molecule has 3 rings (SSSR count). The maximum atomic E-state index is 9.30. The third-order valence-corrected chi connectivity index (χ3v) is 4.78. The summed E-state index contributed by atoms with van der Waals surface area (Å²) < 4.78 is 0. The van der Waals surface area contributed by atoms with Gasteiger partial charge in [0.2, 0.25) is 0 Å². The van der Waals surface area contributed by atoms with Gasteiger partial charge < -0.3 is 0 Å². The van der Waals surface area contributed by atoms with Crippen molar-refractivity contribution >= 4 is 0 Å². The quantitative estimate of drug-likeness (QED) is 0.793. The maximum absolute atomic E-state index is 9.30. The van der Waals surface area contributed by atoms with Crippen LogP contribution in [0, 0.1) is 22.7 Å². The van der Waals surface area contributed by atoms with Crippen LogP contribution in [0.2, 0.25) is 0 Å². The third-order valence-electron chi connectivity index (χ3n) is 4.78. The average molecular weight is 240 g/mol. The first-order chi connectivity index (χ1) is 8.82. The van der Waals surface area contributed by atoms with Gasteiger partial charge in [0.1, 0.15) is 0 Å². The van der Waals surface area contributed by atoms with Crippen molar-refractivity contribution in [3.63, 3.8) is 0 Å². The van der Waals surface area contributed by atoms with Crippen LogP contribution in [0.1, 0.15) is 31.2 Å². The van der Waals surface area contributed by atoms with Gasteiger partial charge in [0.25, 0.3) is 0 Å². The van der Waals surface area contributed by atoms with E-state index in [4.69, 9.17) is 0 Å². The second-order valence-electron chi connectivity index (χ2n) is 5.88. The van der Waals surface area contributed by atoms with E-state index in [1.54, 1.807) is 0 Å². The van der Waals surface area contributed by atoms with Gasteiger partial charge in [-0.05, 0) is 31.4 Å². The molecule has 1 aromatic carbocycles. The molecule has 18 heavy (non-hydrogen) atoms. The summed E-state index contributed by atoms with van der Waals surface area (Å²) in [6, 6.07) is 13.2. The zero-order valence-electron chi connectivity index (χ0n) is 10.8. The van der Waals surface area contributed by atoms with E-state index in [0.717, 1.165) is 26.1 Å². The Morgan fingerprint density at radius 1 is 1.28 bits per heavy atom. The lowest BCUT2D eigenvalue weighted by molar-refractivity contribution is 0.223. The standard InChI is InChI=1S/C16H20N2/c17-11-15-7-4-8-16(15)9-10-18(13-16)12-14-5-2-1-3-6-14/h1-3,5-6,15H,4,7-10,12-13H2. The molecule has 2 fully saturated rings. The largest absolute Gasteiger partial charge is 0.298 e. The van der Waals surface area contributed by atoms with Crippen molar-refractivity contribution in [2.75, 3.05) is 13.1 Å². The molecular weight excluding hydrogens is 220 g/mol. The van der Waals surface area contributed by atoms with E-state index in [9.17, 15) is 5.26 Å². The van der Waals surface area contributed by atoms with Gasteiger partial charge in [-0.2, -0.15) is 5.26 Å². The number of benzene rings is 1. The molecule has 0 N–H and O–H groups in total. The predicted octanol–water partition coefficient (Wildman–Crippen LogP) is 3.20. The third kappa shape index (κ3) is 2.04. The number of nitriles is 1. The second kappa shape index (κ2) is 4.74. The van der Waals surface area contributed by atoms with Crippen LogP contribution in [0.15, 0.2) is 30.3 Å². The van der Waals surface area contributed by atoms with Crippen LogP contribution < -0.4 is 0 Å². The number of rotatable bonds is 2. The first kappa shape index (κ1) is 11.7. The van der Waals surface area contributed by atoms with Crippen molar-refractivity contribution in [3.05, 3.63) is 35.9 Å². The Morgan fingerprint density at radius 2 is 2.11 bits per heavy atom. The Kier molecular flexibility index (Phi) is 3.09. The predicted molar refractivity (Wildman–Crippen MR) is 71.7 cm³/mol. The minimum Gasteiger partial charge on any atom is -0.298 e. The smallest absolute Gasteiger partial charge is 0.0662 e. The first-order valence-electron chi connectivity index (χ1n) is 6.98. The van der Waals surface area contributed by atoms with Gasteiger partial charge in [-0.3, -0.25) is 4.90 Å². The molecule has 0 aromatic heterocycles. The van der Waals surface area contributed by atoms with Gasteiger partial charge in [-0.15, -0.1) is 0 Å². The molecular formula is C16H20N2. The minimum atomic E-state index is 0.304.